The molecule has 0 saturated carbocycles. The lowest BCUT2D eigenvalue weighted by Crippen LogP contribution is -1.82. The first kappa shape index (κ1) is 5.28. The number of rotatable bonds is 2. The molecule has 1 aliphatic rings. The average molecular weight is 116 g/mol. The van der Waals surface area contributed by atoms with Crippen LogP contribution in [0.5, 0.6) is 0 Å². The Hall–Kier alpha value is -0.860. The van der Waals surface area contributed by atoms with Gasteiger partial charge in [0.05, 0.1) is 7.11 Å². The number of ether oxygens (including phenoxy) is 1. The summed E-state index contributed by atoms with van der Waals surface area (Å²) in [5.41, 5.74) is 0. The third-order valence-corrected chi connectivity index (χ3v) is 0.962. The Morgan fingerprint density at radius 3 is 2.38 bits per heavy atom. The van der Waals surface area contributed by atoms with Crippen LogP contribution in [0, 0.1) is 0 Å². The van der Waals surface area contributed by atoms with E-state index in [1.165, 1.54) is 0 Å². The summed E-state index contributed by atoms with van der Waals surface area (Å²) >= 11 is 0. The predicted octanol–water partition coefficient (Wildman–Crippen LogP) is 1.17. The van der Waals surface area contributed by atoms with Gasteiger partial charge in [0.2, 0.25) is 0 Å². The summed E-state index contributed by atoms with van der Waals surface area (Å²) in [6, 6.07) is 0. The van der Waals surface area contributed by atoms with Crippen molar-refractivity contribution >= 4 is 0 Å². The molecule has 3 nitrogen and oxygen atoms in total. The summed E-state index contributed by atoms with van der Waals surface area (Å²) in [5.74, 6) is 1.29. The van der Waals surface area contributed by atoms with Gasteiger partial charge in [-0.15, -0.1) is 0 Å². The van der Waals surface area contributed by atoms with Crippen LogP contribution in [0.3, 0.4) is 0 Å². The van der Waals surface area contributed by atoms with Crippen LogP contribution < -0.4 is 0 Å². The van der Waals surface area contributed by atoms with Gasteiger partial charge < -0.3 is 4.74 Å². The minimum Gasteiger partial charge on any atom is -0.494 e. The van der Waals surface area contributed by atoms with Crippen LogP contribution in [0.2, 0.25) is 0 Å². The summed E-state index contributed by atoms with van der Waals surface area (Å²) in [6.07, 6.45) is 0.811. The number of hydrogen-bond donors (Lipinski definition) is 0. The zero-order valence-corrected chi connectivity index (χ0v) is 4.93. The van der Waals surface area contributed by atoms with E-state index in [1.807, 2.05) is 6.92 Å². The highest BCUT2D eigenvalue weighted by Gasteiger charge is 2.24. The summed E-state index contributed by atoms with van der Waals surface area (Å²) in [5, 5.41) is 0. The minimum absolute atomic E-state index is 0.523. The van der Waals surface area contributed by atoms with Crippen LogP contribution in [0.1, 0.15) is 13.3 Å². The Labute approximate surface area is 47.8 Å². The second-order valence-electron chi connectivity index (χ2n) is 1.43. The quantitative estimate of drug-likeness (QED) is 0.308. The zero-order chi connectivity index (χ0) is 5.98. The van der Waals surface area contributed by atoms with E-state index in [-0.39, 0.29) is 0 Å². The third-order valence-electron chi connectivity index (χ3n) is 0.962. The molecule has 0 aromatic carbocycles. The van der Waals surface area contributed by atoms with Gasteiger partial charge in [0.25, 0.3) is 0 Å². The number of allylic oxidation sites excluding steroid dienone is 1. The van der Waals surface area contributed by atoms with Gasteiger partial charge >= 0.3 is 5.95 Å². The van der Waals surface area contributed by atoms with E-state index in [1.54, 1.807) is 7.11 Å². The van der Waals surface area contributed by atoms with E-state index >= 15 is 0 Å². The largest absolute Gasteiger partial charge is 0.494 e. The Balaban J connectivity index is 2.49. The fourth-order valence-corrected chi connectivity index (χ4v) is 0.486. The molecule has 0 radical (unpaired) electrons. The lowest BCUT2D eigenvalue weighted by atomic mass is 10.4. The molecular weight excluding hydrogens is 108 g/mol. The van der Waals surface area contributed by atoms with E-state index in [4.69, 9.17) is 4.74 Å². The average Bonchev–Trinajstić information content (AvgIpc) is 2.53. The molecule has 0 aromatic heterocycles. The number of methoxy groups -OCH3 is 1. The third kappa shape index (κ3) is 0.857. The van der Waals surface area contributed by atoms with Crippen LogP contribution in [-0.4, -0.2) is 7.11 Å². The molecule has 0 unspecified atom stereocenters. The van der Waals surface area contributed by atoms with Crippen LogP contribution in [-0.2, 0) is 14.5 Å². The minimum atomic E-state index is 0.523. The van der Waals surface area contributed by atoms with Crippen LogP contribution in [0.15, 0.2) is 11.7 Å². The molecule has 1 rings (SSSR count). The van der Waals surface area contributed by atoms with E-state index in [0.29, 0.717) is 5.95 Å². The molecule has 0 atom stereocenters. The standard InChI is InChI=1S/C5H8O3/c1-3-4(6-2)5-7-8-5/h3H2,1-2H3. The second-order valence-corrected chi connectivity index (χ2v) is 1.43. The topological polar surface area (TPSA) is 34.3 Å². The smallest absolute Gasteiger partial charge is 0.416 e. The normalized spacial score (nSPS) is 14.0. The summed E-state index contributed by atoms with van der Waals surface area (Å²) in [6.45, 7) is 1.97. The maximum atomic E-state index is 4.85. The van der Waals surface area contributed by atoms with Crippen molar-refractivity contribution in [2.75, 3.05) is 7.11 Å². The van der Waals surface area contributed by atoms with Crippen molar-refractivity contribution in [3.05, 3.63) is 11.7 Å². The van der Waals surface area contributed by atoms with Gasteiger partial charge in [-0.05, 0) is 0 Å². The molecule has 0 aromatic rings. The predicted molar refractivity (Wildman–Crippen MR) is 26.5 cm³/mol. The molecule has 0 amide bonds. The first-order valence-electron chi connectivity index (χ1n) is 2.50. The van der Waals surface area contributed by atoms with Crippen molar-refractivity contribution in [2.45, 2.75) is 13.3 Å². The van der Waals surface area contributed by atoms with Crippen LogP contribution in [0.25, 0.3) is 0 Å². The van der Waals surface area contributed by atoms with Gasteiger partial charge in [-0.1, -0.05) is 6.92 Å². The molecule has 0 aliphatic carbocycles. The van der Waals surface area contributed by atoms with Crippen molar-refractivity contribution in [1.29, 1.82) is 0 Å². The van der Waals surface area contributed by atoms with Gasteiger partial charge in [-0.2, -0.15) is 0 Å². The van der Waals surface area contributed by atoms with Crippen molar-refractivity contribution < 1.29 is 14.5 Å². The van der Waals surface area contributed by atoms with Gasteiger partial charge in [-0.3, -0.25) is 0 Å². The molecule has 0 spiro atoms. The molecule has 46 valence electrons. The maximum Gasteiger partial charge on any atom is 0.416 e. The van der Waals surface area contributed by atoms with Crippen LogP contribution in [0.4, 0.5) is 0 Å². The second kappa shape index (κ2) is 1.94. The molecule has 8 heavy (non-hydrogen) atoms. The Bertz CT molecular complexity index is 105. The molecule has 0 N–H and O–H groups in total. The van der Waals surface area contributed by atoms with Crippen molar-refractivity contribution in [3.63, 3.8) is 0 Å². The molecule has 0 bridgehead atoms. The van der Waals surface area contributed by atoms with Crippen molar-refractivity contribution in [3.8, 4) is 0 Å². The summed E-state index contributed by atoms with van der Waals surface area (Å²) in [7, 11) is 1.59. The van der Waals surface area contributed by atoms with Crippen molar-refractivity contribution in [1.82, 2.24) is 0 Å². The van der Waals surface area contributed by atoms with Gasteiger partial charge in [0.1, 0.15) is 0 Å². The fourth-order valence-electron chi connectivity index (χ4n) is 0.486. The molecular formula is C5H8O3. The fraction of sp³-hybridized carbons (Fsp3) is 0.600. The van der Waals surface area contributed by atoms with Gasteiger partial charge in [0.15, 0.2) is 5.76 Å². The van der Waals surface area contributed by atoms with Gasteiger partial charge in [0, 0.05) is 6.42 Å². The molecule has 1 aliphatic heterocycles. The Morgan fingerprint density at radius 2 is 2.25 bits per heavy atom. The van der Waals surface area contributed by atoms with Crippen molar-refractivity contribution in [2.24, 2.45) is 0 Å². The highest BCUT2D eigenvalue weighted by Crippen LogP contribution is 2.24. The van der Waals surface area contributed by atoms with E-state index in [2.05, 4.69) is 9.78 Å². The highest BCUT2D eigenvalue weighted by atomic mass is 17.4. The molecule has 1 heterocycles. The highest BCUT2D eigenvalue weighted by molar-refractivity contribution is 4.96. The first-order chi connectivity index (χ1) is 3.88. The van der Waals surface area contributed by atoms with E-state index in [0.717, 1.165) is 12.2 Å². The van der Waals surface area contributed by atoms with Gasteiger partial charge in [-0.25, -0.2) is 9.78 Å². The van der Waals surface area contributed by atoms with E-state index in [9.17, 15) is 0 Å². The Morgan fingerprint density at radius 1 is 1.62 bits per heavy atom. The lowest BCUT2D eigenvalue weighted by molar-refractivity contribution is 0.0850. The summed E-state index contributed by atoms with van der Waals surface area (Å²) in [4.78, 5) is 8.81. The number of hydrogen-bond acceptors (Lipinski definition) is 3. The monoisotopic (exact) mass is 116 g/mol. The molecule has 3 heteroatoms. The van der Waals surface area contributed by atoms with Crippen LogP contribution >= 0.6 is 0 Å². The zero-order valence-electron chi connectivity index (χ0n) is 4.93. The SMILES string of the molecule is CCC(OC)=C1OO1. The van der Waals surface area contributed by atoms with E-state index < -0.39 is 0 Å². The summed E-state index contributed by atoms with van der Waals surface area (Å²) < 4.78 is 4.85. The molecule has 1 fully saturated rings. The molecule has 1 saturated heterocycles. The lowest BCUT2D eigenvalue weighted by Gasteiger charge is -1.92. The first-order valence-corrected chi connectivity index (χ1v) is 2.50. The Kier molecular flexibility index (Phi) is 1.28. The maximum absolute atomic E-state index is 4.85.